The van der Waals surface area contributed by atoms with Crippen LogP contribution in [0, 0.1) is 11.6 Å². The van der Waals surface area contributed by atoms with E-state index in [9.17, 15) is 8.78 Å². The quantitative estimate of drug-likeness (QED) is 0.447. The molecule has 82 valence electrons. The largest absolute Gasteiger partial charge is 0.271 e. The van der Waals surface area contributed by atoms with Gasteiger partial charge >= 0.3 is 0 Å². The van der Waals surface area contributed by atoms with E-state index in [1.807, 2.05) is 0 Å². The molecule has 0 aromatic heterocycles. The normalized spacial score (nSPS) is 12.5. The van der Waals surface area contributed by atoms with Crippen molar-refractivity contribution in [3.8, 4) is 0 Å². The second-order valence-electron chi connectivity index (χ2n) is 3.22. The lowest BCUT2D eigenvalue weighted by atomic mass is 10.0. The Labute approximate surface area is 87.8 Å². The van der Waals surface area contributed by atoms with Crippen LogP contribution in [0.4, 0.5) is 8.78 Å². The first-order chi connectivity index (χ1) is 7.20. The standard InChI is InChI=1S/C11H14F2N2/c1-2-3-7-10(15-14)11-8(12)5-4-6-9(11)13/h2,4-6,10,15H,1,3,7,14H2. The third-order valence-electron chi connectivity index (χ3n) is 2.21. The lowest BCUT2D eigenvalue weighted by Crippen LogP contribution is -2.29. The molecule has 0 radical (unpaired) electrons. The summed E-state index contributed by atoms with van der Waals surface area (Å²) in [7, 11) is 0. The first-order valence-corrected chi connectivity index (χ1v) is 4.71. The molecule has 0 aliphatic heterocycles. The highest BCUT2D eigenvalue weighted by atomic mass is 19.1. The van der Waals surface area contributed by atoms with Gasteiger partial charge in [-0.05, 0) is 25.0 Å². The summed E-state index contributed by atoms with van der Waals surface area (Å²) >= 11 is 0. The fourth-order valence-electron chi connectivity index (χ4n) is 1.44. The van der Waals surface area contributed by atoms with E-state index in [1.165, 1.54) is 18.2 Å². The molecule has 1 rings (SSSR count). The van der Waals surface area contributed by atoms with E-state index in [-0.39, 0.29) is 5.56 Å². The first-order valence-electron chi connectivity index (χ1n) is 4.71. The van der Waals surface area contributed by atoms with Crippen LogP contribution >= 0.6 is 0 Å². The minimum Gasteiger partial charge on any atom is -0.271 e. The maximum absolute atomic E-state index is 13.4. The SMILES string of the molecule is C=CCCC(NN)c1c(F)cccc1F. The molecule has 0 saturated heterocycles. The zero-order valence-corrected chi connectivity index (χ0v) is 8.34. The number of halogens is 2. The summed E-state index contributed by atoms with van der Waals surface area (Å²) in [6.45, 7) is 3.55. The van der Waals surface area contributed by atoms with E-state index in [0.717, 1.165) is 0 Å². The van der Waals surface area contributed by atoms with Crippen molar-refractivity contribution in [2.75, 3.05) is 0 Å². The number of benzene rings is 1. The Kier molecular flexibility index (Phi) is 4.39. The summed E-state index contributed by atoms with van der Waals surface area (Å²) < 4.78 is 26.7. The Bertz CT molecular complexity index is 319. The number of hydrazine groups is 1. The first kappa shape index (κ1) is 11.8. The second-order valence-corrected chi connectivity index (χ2v) is 3.22. The van der Waals surface area contributed by atoms with Crippen LogP contribution in [0.3, 0.4) is 0 Å². The number of nitrogens with two attached hydrogens (primary N) is 1. The monoisotopic (exact) mass is 212 g/mol. The Morgan fingerprint density at radius 2 is 2.00 bits per heavy atom. The molecule has 2 nitrogen and oxygen atoms in total. The van der Waals surface area contributed by atoms with Crippen LogP contribution in [0.1, 0.15) is 24.4 Å². The fourth-order valence-corrected chi connectivity index (χ4v) is 1.44. The van der Waals surface area contributed by atoms with Crippen LogP contribution in [-0.2, 0) is 0 Å². The van der Waals surface area contributed by atoms with Crippen molar-refractivity contribution in [3.05, 3.63) is 48.1 Å². The summed E-state index contributed by atoms with van der Waals surface area (Å²) in [6.07, 6.45) is 2.84. The van der Waals surface area contributed by atoms with E-state index in [0.29, 0.717) is 12.8 Å². The predicted octanol–water partition coefficient (Wildman–Crippen LogP) is 2.44. The molecule has 1 aromatic carbocycles. The molecule has 4 heteroatoms. The van der Waals surface area contributed by atoms with Crippen LogP contribution in [0.5, 0.6) is 0 Å². The lowest BCUT2D eigenvalue weighted by Gasteiger charge is -2.16. The maximum Gasteiger partial charge on any atom is 0.130 e. The summed E-state index contributed by atoms with van der Waals surface area (Å²) in [4.78, 5) is 0. The molecule has 1 atom stereocenters. The number of rotatable bonds is 5. The zero-order valence-electron chi connectivity index (χ0n) is 8.34. The number of nitrogens with one attached hydrogen (secondary N) is 1. The van der Waals surface area contributed by atoms with Crippen LogP contribution in [0.25, 0.3) is 0 Å². The molecule has 0 heterocycles. The Hall–Kier alpha value is -1.26. The molecule has 0 bridgehead atoms. The van der Waals surface area contributed by atoms with Gasteiger partial charge < -0.3 is 0 Å². The van der Waals surface area contributed by atoms with Crippen LogP contribution < -0.4 is 11.3 Å². The van der Waals surface area contributed by atoms with Crippen molar-refractivity contribution >= 4 is 0 Å². The Balaban J connectivity index is 2.95. The van der Waals surface area contributed by atoms with Gasteiger partial charge in [-0.1, -0.05) is 12.1 Å². The molecule has 0 spiro atoms. The van der Waals surface area contributed by atoms with Crippen molar-refractivity contribution in [3.63, 3.8) is 0 Å². The second kappa shape index (κ2) is 5.58. The molecule has 0 saturated carbocycles. The van der Waals surface area contributed by atoms with Gasteiger partial charge in [0.15, 0.2) is 0 Å². The third kappa shape index (κ3) is 2.84. The van der Waals surface area contributed by atoms with E-state index >= 15 is 0 Å². The van der Waals surface area contributed by atoms with E-state index in [2.05, 4.69) is 12.0 Å². The number of hydrogen-bond acceptors (Lipinski definition) is 2. The van der Waals surface area contributed by atoms with Crippen molar-refractivity contribution in [2.24, 2.45) is 5.84 Å². The van der Waals surface area contributed by atoms with E-state index in [4.69, 9.17) is 5.84 Å². The van der Waals surface area contributed by atoms with Gasteiger partial charge in [-0.25, -0.2) is 8.78 Å². The molecule has 0 aliphatic carbocycles. The zero-order chi connectivity index (χ0) is 11.3. The number of allylic oxidation sites excluding steroid dienone is 1. The van der Waals surface area contributed by atoms with E-state index < -0.39 is 17.7 Å². The molecule has 0 amide bonds. The molecule has 15 heavy (non-hydrogen) atoms. The smallest absolute Gasteiger partial charge is 0.130 e. The topological polar surface area (TPSA) is 38.0 Å². The number of hydrogen-bond donors (Lipinski definition) is 2. The van der Waals surface area contributed by atoms with Crippen molar-refractivity contribution in [1.29, 1.82) is 0 Å². The molecule has 0 aliphatic rings. The van der Waals surface area contributed by atoms with Crippen molar-refractivity contribution in [1.82, 2.24) is 5.43 Å². The van der Waals surface area contributed by atoms with Gasteiger partial charge in [0.2, 0.25) is 0 Å². The molecule has 1 unspecified atom stereocenters. The summed E-state index contributed by atoms with van der Waals surface area (Å²) in [5.74, 6) is 4.10. The van der Waals surface area contributed by atoms with Gasteiger partial charge in [-0.3, -0.25) is 11.3 Å². The van der Waals surface area contributed by atoms with Gasteiger partial charge in [0.1, 0.15) is 11.6 Å². The van der Waals surface area contributed by atoms with Gasteiger partial charge in [0, 0.05) is 5.56 Å². The highest BCUT2D eigenvalue weighted by molar-refractivity contribution is 5.23. The average molecular weight is 212 g/mol. The summed E-state index contributed by atoms with van der Waals surface area (Å²) in [6, 6.07) is 3.24. The van der Waals surface area contributed by atoms with Crippen LogP contribution in [-0.4, -0.2) is 0 Å². The van der Waals surface area contributed by atoms with Gasteiger partial charge in [-0.2, -0.15) is 0 Å². The molecule has 3 N–H and O–H groups in total. The maximum atomic E-state index is 13.4. The van der Waals surface area contributed by atoms with Crippen molar-refractivity contribution < 1.29 is 8.78 Å². The van der Waals surface area contributed by atoms with Gasteiger partial charge in [0.05, 0.1) is 6.04 Å². The molecular weight excluding hydrogens is 198 g/mol. The van der Waals surface area contributed by atoms with Gasteiger partial charge in [0.25, 0.3) is 0 Å². The molecular formula is C11H14F2N2. The van der Waals surface area contributed by atoms with Gasteiger partial charge in [-0.15, -0.1) is 6.58 Å². The van der Waals surface area contributed by atoms with Crippen molar-refractivity contribution in [2.45, 2.75) is 18.9 Å². The fraction of sp³-hybridized carbons (Fsp3) is 0.273. The molecule has 1 aromatic rings. The molecule has 0 fully saturated rings. The predicted molar refractivity (Wildman–Crippen MR) is 55.9 cm³/mol. The highest BCUT2D eigenvalue weighted by Crippen LogP contribution is 2.23. The minimum atomic E-state index is -0.581. The van der Waals surface area contributed by atoms with E-state index in [1.54, 1.807) is 6.08 Å². The highest BCUT2D eigenvalue weighted by Gasteiger charge is 2.17. The summed E-state index contributed by atoms with van der Waals surface area (Å²) in [5.41, 5.74) is 2.39. The Morgan fingerprint density at radius 1 is 1.40 bits per heavy atom. The Morgan fingerprint density at radius 3 is 2.47 bits per heavy atom. The van der Waals surface area contributed by atoms with Crippen LogP contribution in [0.2, 0.25) is 0 Å². The minimum absolute atomic E-state index is 0.0122. The average Bonchev–Trinajstić information content (AvgIpc) is 2.22. The third-order valence-corrected chi connectivity index (χ3v) is 2.21. The summed E-state index contributed by atoms with van der Waals surface area (Å²) in [5, 5.41) is 0. The van der Waals surface area contributed by atoms with Crippen LogP contribution in [0.15, 0.2) is 30.9 Å². The lowest BCUT2D eigenvalue weighted by molar-refractivity contribution is 0.456.